The minimum Gasteiger partial charge on any atom is -0.328 e. The maximum atomic E-state index is 5.70. The summed E-state index contributed by atoms with van der Waals surface area (Å²) in [5.74, 6) is 0.814. The molecule has 1 N–H and O–H groups in total. The Balaban J connectivity index is 2.03. The van der Waals surface area contributed by atoms with Gasteiger partial charge in [-0.1, -0.05) is 20.8 Å². The smallest absolute Gasteiger partial charge is 0.179 e. The Kier molecular flexibility index (Phi) is 2.46. The van der Waals surface area contributed by atoms with Crippen molar-refractivity contribution in [3.63, 3.8) is 0 Å². The van der Waals surface area contributed by atoms with Crippen LogP contribution in [0, 0.1) is 28.4 Å². The maximum Gasteiger partial charge on any atom is 0.179 e. The van der Waals surface area contributed by atoms with Crippen molar-refractivity contribution >= 4 is 23.4 Å². The number of H-pyrrole nitrogens is 1. The Morgan fingerprint density at radius 2 is 2.05 bits per heavy atom. The molecule has 0 saturated heterocycles. The Bertz CT molecular complexity index is 788. The van der Waals surface area contributed by atoms with Gasteiger partial charge in [-0.3, -0.25) is 9.25 Å². The Morgan fingerprint density at radius 3 is 2.67 bits per heavy atom. The van der Waals surface area contributed by atoms with Gasteiger partial charge in [0.1, 0.15) is 5.52 Å². The summed E-state index contributed by atoms with van der Waals surface area (Å²) < 4.78 is 5.22. The minimum atomic E-state index is 0.290. The van der Waals surface area contributed by atoms with E-state index in [0.29, 0.717) is 16.9 Å². The number of hydrogen-bond donors (Lipinski definition) is 1. The fourth-order valence-corrected chi connectivity index (χ4v) is 5.79. The summed E-state index contributed by atoms with van der Waals surface area (Å²) in [4.78, 5) is 3.40. The second-order valence-corrected chi connectivity index (χ2v) is 8.41. The van der Waals surface area contributed by atoms with Gasteiger partial charge in [-0.25, -0.2) is 0 Å². The van der Waals surface area contributed by atoms with Crippen molar-refractivity contribution in [2.75, 3.05) is 0 Å². The molecular weight excluding hydrogens is 280 g/mol. The first-order valence-electron chi connectivity index (χ1n) is 7.89. The summed E-state index contributed by atoms with van der Waals surface area (Å²) in [6, 6.07) is 0.458. The zero-order chi connectivity index (χ0) is 15.2. The van der Waals surface area contributed by atoms with Crippen LogP contribution < -0.4 is 0 Å². The van der Waals surface area contributed by atoms with Crippen LogP contribution in [0.2, 0.25) is 0 Å². The van der Waals surface area contributed by atoms with E-state index in [1.165, 1.54) is 19.3 Å². The molecule has 3 unspecified atom stereocenters. The standard InChI is InChI=1S/C16H24N4S/c1-9-11-12(19(5)18-9)20(14(21)17-11)13-15(2,3)10-6-7-16(13,4)8-10/h10,13H,6-8H2,1-5H3,(H,17,21). The van der Waals surface area contributed by atoms with Crippen LogP contribution in [0.25, 0.3) is 11.2 Å². The first-order valence-corrected chi connectivity index (χ1v) is 8.30. The average molecular weight is 304 g/mol. The van der Waals surface area contributed by atoms with Crippen molar-refractivity contribution in [2.45, 2.75) is 53.0 Å². The molecule has 3 atom stereocenters. The number of rotatable bonds is 1. The second-order valence-electron chi connectivity index (χ2n) is 8.03. The summed E-state index contributed by atoms with van der Waals surface area (Å²) in [6.07, 6.45) is 4.01. The van der Waals surface area contributed by atoms with Crippen LogP contribution in [-0.4, -0.2) is 19.3 Å². The third-order valence-corrected chi connectivity index (χ3v) is 6.62. The zero-order valence-electron chi connectivity index (χ0n) is 13.5. The quantitative estimate of drug-likeness (QED) is 0.805. The molecule has 0 aliphatic heterocycles. The largest absolute Gasteiger partial charge is 0.328 e. The highest BCUT2D eigenvalue weighted by Gasteiger charge is 2.60. The molecule has 2 aliphatic rings. The van der Waals surface area contributed by atoms with Gasteiger partial charge in [-0.2, -0.15) is 5.10 Å². The molecule has 2 aromatic heterocycles. The van der Waals surface area contributed by atoms with Crippen LogP contribution in [0.3, 0.4) is 0 Å². The third kappa shape index (κ3) is 1.50. The van der Waals surface area contributed by atoms with Crippen molar-refractivity contribution in [3.8, 4) is 0 Å². The highest BCUT2D eigenvalue weighted by atomic mass is 32.1. The average Bonchev–Trinajstić information content (AvgIpc) is 3.02. The lowest BCUT2D eigenvalue weighted by atomic mass is 9.68. The van der Waals surface area contributed by atoms with Gasteiger partial charge in [0.25, 0.3) is 0 Å². The van der Waals surface area contributed by atoms with E-state index in [0.717, 1.165) is 27.5 Å². The highest BCUT2D eigenvalue weighted by Crippen LogP contribution is 2.68. The lowest BCUT2D eigenvalue weighted by molar-refractivity contribution is 0.0846. The van der Waals surface area contributed by atoms with Gasteiger partial charge >= 0.3 is 0 Å². The Hall–Kier alpha value is -1.10. The van der Waals surface area contributed by atoms with Gasteiger partial charge in [-0.05, 0) is 55.2 Å². The third-order valence-electron chi connectivity index (χ3n) is 6.32. The minimum absolute atomic E-state index is 0.290. The van der Waals surface area contributed by atoms with Crippen molar-refractivity contribution < 1.29 is 0 Å². The van der Waals surface area contributed by atoms with Crippen molar-refractivity contribution in [1.29, 1.82) is 0 Å². The second kappa shape index (κ2) is 3.80. The van der Waals surface area contributed by atoms with Crippen LogP contribution in [0.1, 0.15) is 51.8 Å². The summed E-state index contributed by atoms with van der Waals surface area (Å²) in [7, 11) is 2.02. The number of imidazole rings is 1. The Morgan fingerprint density at radius 1 is 1.33 bits per heavy atom. The molecule has 2 heterocycles. The molecule has 4 rings (SSSR count). The van der Waals surface area contributed by atoms with Crippen LogP contribution in [0.15, 0.2) is 0 Å². The van der Waals surface area contributed by atoms with E-state index in [9.17, 15) is 0 Å². The molecular formula is C16H24N4S. The zero-order valence-corrected chi connectivity index (χ0v) is 14.3. The molecule has 21 heavy (non-hydrogen) atoms. The number of aryl methyl sites for hydroxylation is 2. The molecule has 5 heteroatoms. The number of nitrogens with one attached hydrogen (secondary N) is 1. The normalized spacial score (nSPS) is 34.1. The van der Waals surface area contributed by atoms with E-state index < -0.39 is 0 Å². The Labute approximate surface area is 130 Å². The predicted molar refractivity (Wildman–Crippen MR) is 86.9 cm³/mol. The molecule has 0 aromatic carbocycles. The van der Waals surface area contributed by atoms with Gasteiger partial charge < -0.3 is 4.98 Å². The summed E-state index contributed by atoms with van der Waals surface area (Å²) >= 11 is 5.70. The van der Waals surface area contributed by atoms with E-state index in [1.807, 2.05) is 18.7 Å². The molecule has 0 radical (unpaired) electrons. The highest BCUT2D eigenvalue weighted by molar-refractivity contribution is 7.71. The van der Waals surface area contributed by atoms with Gasteiger partial charge in [0.15, 0.2) is 10.4 Å². The van der Waals surface area contributed by atoms with Crippen LogP contribution in [0.5, 0.6) is 0 Å². The first kappa shape index (κ1) is 13.6. The van der Waals surface area contributed by atoms with Crippen LogP contribution >= 0.6 is 12.2 Å². The maximum absolute atomic E-state index is 5.70. The van der Waals surface area contributed by atoms with Crippen LogP contribution in [-0.2, 0) is 7.05 Å². The number of aromatic nitrogens is 4. The van der Waals surface area contributed by atoms with Gasteiger partial charge in [0.2, 0.25) is 0 Å². The summed E-state index contributed by atoms with van der Waals surface area (Å²) in [6.45, 7) is 9.36. The van der Waals surface area contributed by atoms with Gasteiger partial charge in [0.05, 0.1) is 5.69 Å². The van der Waals surface area contributed by atoms with E-state index in [1.54, 1.807) is 0 Å². The van der Waals surface area contributed by atoms with E-state index in [-0.39, 0.29) is 0 Å². The van der Waals surface area contributed by atoms with Crippen molar-refractivity contribution in [2.24, 2.45) is 23.8 Å². The summed E-state index contributed by atoms with van der Waals surface area (Å²) in [5, 5.41) is 4.57. The number of fused-ring (bicyclic) bond motifs is 3. The number of nitrogens with zero attached hydrogens (tertiary/aromatic N) is 3. The van der Waals surface area contributed by atoms with Gasteiger partial charge in [0, 0.05) is 13.1 Å². The molecule has 2 saturated carbocycles. The number of aromatic amines is 1. The molecule has 2 fully saturated rings. The molecule has 0 amide bonds. The SMILES string of the molecule is Cc1nn(C)c2c1[nH]c(=S)n2C1C2(C)CCC(C2)C1(C)C. The molecule has 2 bridgehead atoms. The fourth-order valence-electron chi connectivity index (χ4n) is 5.49. The van der Waals surface area contributed by atoms with Crippen LogP contribution in [0.4, 0.5) is 0 Å². The van der Waals surface area contributed by atoms with E-state index >= 15 is 0 Å². The monoisotopic (exact) mass is 304 g/mol. The topological polar surface area (TPSA) is 38.5 Å². The molecule has 2 aliphatic carbocycles. The lowest BCUT2D eigenvalue weighted by Crippen LogP contribution is -2.37. The molecule has 2 aromatic rings. The van der Waals surface area contributed by atoms with Crippen molar-refractivity contribution in [3.05, 3.63) is 10.5 Å². The molecule has 4 nitrogen and oxygen atoms in total. The van der Waals surface area contributed by atoms with Crippen molar-refractivity contribution in [1.82, 2.24) is 19.3 Å². The number of hydrogen-bond acceptors (Lipinski definition) is 2. The molecule has 114 valence electrons. The summed E-state index contributed by atoms with van der Waals surface area (Å²) in [5.41, 5.74) is 3.94. The fraction of sp³-hybridized carbons (Fsp3) is 0.750. The predicted octanol–water partition coefficient (Wildman–Crippen LogP) is 4.13. The molecule has 0 spiro atoms. The lowest BCUT2D eigenvalue weighted by Gasteiger charge is -2.43. The van der Waals surface area contributed by atoms with Gasteiger partial charge in [-0.15, -0.1) is 0 Å². The van der Waals surface area contributed by atoms with E-state index in [4.69, 9.17) is 12.2 Å². The first-order chi connectivity index (χ1) is 9.75. The van der Waals surface area contributed by atoms with E-state index in [2.05, 4.69) is 35.4 Å².